The number of carbonyl (C=O) groups excluding carboxylic acids is 6. The van der Waals surface area contributed by atoms with Crippen LogP contribution >= 0.6 is 0 Å². The van der Waals surface area contributed by atoms with Crippen molar-refractivity contribution in [2.75, 3.05) is 39.2 Å². The summed E-state index contributed by atoms with van der Waals surface area (Å²) in [5.74, 6) is -1.43. The Bertz CT molecular complexity index is 3250. The van der Waals surface area contributed by atoms with Gasteiger partial charge in [-0.1, -0.05) is 12.2 Å². The van der Waals surface area contributed by atoms with Crippen molar-refractivity contribution in [3.8, 4) is 22.9 Å². The van der Waals surface area contributed by atoms with Gasteiger partial charge in [0, 0.05) is 81.9 Å². The molecule has 1 aliphatic rings. The lowest BCUT2D eigenvalue weighted by molar-refractivity contribution is -0.138. The van der Waals surface area contributed by atoms with E-state index in [0.717, 1.165) is 16.3 Å². The van der Waals surface area contributed by atoms with Gasteiger partial charge in [-0.3, -0.25) is 48.3 Å². The number of aryl methyl sites for hydroxylation is 4. The number of ether oxygens (including phenoxy) is 2. The Balaban J connectivity index is 1.12. The summed E-state index contributed by atoms with van der Waals surface area (Å²) < 4.78 is 19.4. The number of pyridine rings is 2. The number of nitrogens with one attached hydrogen (secondary N) is 1. The van der Waals surface area contributed by atoms with Gasteiger partial charge in [0.2, 0.25) is 11.9 Å². The summed E-state index contributed by atoms with van der Waals surface area (Å²) in [7, 11) is 3.13. The number of imidazole rings is 1. The van der Waals surface area contributed by atoms with Crippen molar-refractivity contribution in [3.63, 3.8) is 0 Å². The Kier molecular flexibility index (Phi) is 13.5. The van der Waals surface area contributed by atoms with Crippen molar-refractivity contribution in [2.24, 2.45) is 5.73 Å². The van der Waals surface area contributed by atoms with Crippen LogP contribution in [-0.4, -0.2) is 123 Å². The normalized spacial score (nSPS) is 12.6. The Hall–Kier alpha value is -8.49. The molecule has 1 aromatic carbocycles. The highest BCUT2D eigenvalue weighted by molar-refractivity contribution is 6.13. The summed E-state index contributed by atoms with van der Waals surface area (Å²) >= 11 is 0. The van der Waals surface area contributed by atoms with E-state index in [1.807, 2.05) is 60.4 Å². The molecule has 69 heavy (non-hydrogen) atoms. The van der Waals surface area contributed by atoms with Crippen molar-refractivity contribution in [3.05, 3.63) is 95.1 Å². The number of anilines is 1. The van der Waals surface area contributed by atoms with Gasteiger partial charge in [0.1, 0.15) is 51.4 Å². The molecule has 5 amide bonds. The van der Waals surface area contributed by atoms with Gasteiger partial charge in [0.15, 0.2) is 0 Å². The first kappa shape index (κ1) is 47.0. The zero-order valence-electron chi connectivity index (χ0n) is 39.1. The molecule has 3 N–H and O–H groups in total. The lowest BCUT2D eigenvalue weighted by Gasteiger charge is -2.19. The molecule has 0 fully saturated rings. The predicted octanol–water partition coefficient (Wildman–Crippen LogP) is 4.62. The maximum atomic E-state index is 13.9. The number of primary amides is 1. The number of benzene rings is 1. The van der Waals surface area contributed by atoms with Gasteiger partial charge < -0.3 is 29.2 Å². The third-order valence-electron chi connectivity index (χ3n) is 11.7. The summed E-state index contributed by atoms with van der Waals surface area (Å²) in [5.41, 5.74) is 11.9. The molecule has 7 aromatic rings. The van der Waals surface area contributed by atoms with Crippen LogP contribution in [0.2, 0.25) is 0 Å². The first-order chi connectivity index (χ1) is 33.2. The fourth-order valence-electron chi connectivity index (χ4n) is 8.36. The number of hydrogen-bond acceptors (Lipinski definition) is 13. The number of aldehydes is 1. The number of nitrogens with zero attached hydrogens (tertiary/aromatic N) is 11. The van der Waals surface area contributed by atoms with Crippen LogP contribution in [-0.2, 0) is 40.6 Å². The lowest BCUT2D eigenvalue weighted by atomic mass is 10.2. The molecule has 356 valence electrons. The number of hydrogen-bond donors (Lipinski definition) is 2. The maximum absolute atomic E-state index is 13.9. The number of fused-ring (bicyclic) bond motifs is 4. The molecule has 0 saturated carbocycles. The molecule has 21 heteroatoms. The summed E-state index contributed by atoms with van der Waals surface area (Å²) in [6.45, 7) is 9.53. The van der Waals surface area contributed by atoms with Gasteiger partial charge in [-0.15, -0.1) is 0 Å². The molecule has 0 unspecified atom stereocenters. The molecule has 8 rings (SSSR count). The van der Waals surface area contributed by atoms with E-state index in [1.54, 1.807) is 41.4 Å². The van der Waals surface area contributed by atoms with Crippen LogP contribution < -0.4 is 20.5 Å². The third-order valence-corrected chi connectivity index (χ3v) is 11.7. The smallest absolute Gasteiger partial charge is 0.276 e. The Morgan fingerprint density at radius 3 is 2.26 bits per heavy atom. The monoisotopic (exact) mass is 937 g/mol. The quantitative estimate of drug-likeness (QED) is 0.0459. The van der Waals surface area contributed by atoms with Crippen LogP contribution in [0.1, 0.15) is 69.4 Å². The molecule has 6 aromatic heterocycles. The van der Waals surface area contributed by atoms with Crippen LogP contribution in [0.4, 0.5) is 5.95 Å². The van der Waals surface area contributed by atoms with E-state index in [-0.39, 0.29) is 50.2 Å². The van der Waals surface area contributed by atoms with E-state index in [4.69, 9.17) is 25.2 Å². The fraction of sp³-hybridized carbons (Fsp3) is 0.312. The molecular formula is C48H51N13O8. The zero-order chi connectivity index (χ0) is 49.1. The van der Waals surface area contributed by atoms with Gasteiger partial charge in [0.25, 0.3) is 23.6 Å². The fourth-order valence-corrected chi connectivity index (χ4v) is 8.36. The van der Waals surface area contributed by atoms with E-state index < -0.39 is 23.6 Å². The molecule has 0 radical (unpaired) electrons. The highest BCUT2D eigenvalue weighted by atomic mass is 16.5. The number of imide groups is 1. The second-order valence-corrected chi connectivity index (χ2v) is 16.3. The number of methoxy groups -OCH3 is 1. The van der Waals surface area contributed by atoms with Crippen molar-refractivity contribution in [1.82, 2.24) is 53.4 Å². The SMILES string of the molecule is CCn1nc(C)cc1C(=O)Nc1nc2cc(C=O)cc(OCCCN(C)C(=O)CCN3C(=O)C=CC3=O)c2n1C/C=C/Cn1c2nc(-c3cc(C)nn3CC)ccc2c2nc(C(N)=O)cc(OC)c21. The highest BCUT2D eigenvalue weighted by Gasteiger charge is 2.26. The van der Waals surface area contributed by atoms with Gasteiger partial charge >= 0.3 is 0 Å². The van der Waals surface area contributed by atoms with Crippen LogP contribution in [0.5, 0.6) is 11.5 Å². The lowest BCUT2D eigenvalue weighted by Crippen LogP contribution is -2.36. The van der Waals surface area contributed by atoms with Crippen molar-refractivity contribution in [2.45, 2.75) is 66.7 Å². The van der Waals surface area contributed by atoms with Crippen LogP contribution in [0.15, 0.2) is 66.8 Å². The average Bonchev–Trinajstić information content (AvgIpc) is 4.16. The molecule has 0 bridgehead atoms. The number of amides is 5. The number of nitrogens with two attached hydrogens (primary N) is 1. The molecule has 0 aliphatic carbocycles. The molecule has 0 atom stereocenters. The van der Waals surface area contributed by atoms with Crippen molar-refractivity contribution >= 4 is 74.9 Å². The first-order valence-corrected chi connectivity index (χ1v) is 22.4. The standard InChI is InChI=1S/C48H51N13O8/c1-7-60-35(22-28(3)54-60)32-13-12-31-42-44(37(68-6)26-34(50-42)45(49)66)58(46(31)51-32)18-9-10-19-59-43-33(52-48(59)53-47(67)36-23-29(4)55-61(36)8-2)24-30(27-62)25-38(43)69-21-11-17-56(5)39(63)16-20-57-40(64)14-15-41(57)65/h9-10,12-15,22-27H,7-8,11,16-21H2,1-6H3,(H2,49,66)(H,52,53,67)/b10-9+. The van der Waals surface area contributed by atoms with Crippen molar-refractivity contribution < 1.29 is 38.2 Å². The van der Waals surface area contributed by atoms with Gasteiger partial charge in [-0.25, -0.2) is 15.0 Å². The minimum atomic E-state index is -0.709. The van der Waals surface area contributed by atoms with Crippen molar-refractivity contribution in [1.29, 1.82) is 0 Å². The summed E-state index contributed by atoms with van der Waals surface area (Å²) in [6, 6.07) is 12.2. The molecular weight excluding hydrogens is 887 g/mol. The molecule has 7 heterocycles. The molecule has 21 nitrogen and oxygen atoms in total. The van der Waals surface area contributed by atoms with Crippen LogP contribution in [0.3, 0.4) is 0 Å². The third kappa shape index (κ3) is 9.42. The number of carbonyl (C=O) groups is 6. The predicted molar refractivity (Wildman–Crippen MR) is 255 cm³/mol. The average molecular weight is 938 g/mol. The Morgan fingerprint density at radius 1 is 0.855 bits per heavy atom. The maximum Gasteiger partial charge on any atom is 0.276 e. The molecule has 1 aliphatic heterocycles. The van der Waals surface area contributed by atoms with E-state index in [2.05, 4.69) is 20.5 Å². The number of rotatable bonds is 20. The largest absolute Gasteiger partial charge is 0.494 e. The summed E-state index contributed by atoms with van der Waals surface area (Å²) in [4.78, 5) is 92.4. The van der Waals surface area contributed by atoms with Gasteiger partial charge in [-0.05, 0) is 70.5 Å². The highest BCUT2D eigenvalue weighted by Crippen LogP contribution is 2.36. The number of allylic oxidation sites excluding steroid dienone is 2. The van der Waals surface area contributed by atoms with E-state index in [9.17, 15) is 28.8 Å². The second kappa shape index (κ2) is 19.8. The van der Waals surface area contributed by atoms with Gasteiger partial charge in [-0.2, -0.15) is 10.2 Å². The number of aromatic nitrogens is 9. The second-order valence-electron chi connectivity index (χ2n) is 16.3. The zero-order valence-corrected chi connectivity index (χ0v) is 39.1. The Labute approximate surface area is 395 Å². The van der Waals surface area contributed by atoms with E-state index in [1.165, 1.54) is 30.2 Å². The van der Waals surface area contributed by atoms with E-state index in [0.29, 0.717) is 99.6 Å². The minimum absolute atomic E-state index is 0.0237. The van der Waals surface area contributed by atoms with E-state index >= 15 is 0 Å². The molecule has 0 saturated heterocycles. The summed E-state index contributed by atoms with van der Waals surface area (Å²) in [6.07, 6.45) is 7.21. The van der Waals surface area contributed by atoms with Gasteiger partial charge in [0.05, 0.1) is 42.0 Å². The van der Waals surface area contributed by atoms with Crippen LogP contribution in [0, 0.1) is 13.8 Å². The Morgan fingerprint density at radius 2 is 1.57 bits per heavy atom. The minimum Gasteiger partial charge on any atom is -0.494 e. The summed E-state index contributed by atoms with van der Waals surface area (Å²) in [5, 5.41) is 12.7. The van der Waals surface area contributed by atoms with Crippen LogP contribution in [0.25, 0.3) is 44.5 Å². The first-order valence-electron chi connectivity index (χ1n) is 22.4. The molecule has 0 spiro atoms. The topological polar surface area (TPSA) is 250 Å².